The highest BCUT2D eigenvalue weighted by Gasteiger charge is 2.13. The molecular formula is C28H21N5O. The van der Waals surface area contributed by atoms with E-state index in [0.29, 0.717) is 11.6 Å². The fraction of sp³-hybridized carbons (Fsp3) is 0. The summed E-state index contributed by atoms with van der Waals surface area (Å²) in [6.45, 7) is 0. The molecule has 5 aromatic rings. The zero-order valence-electron chi connectivity index (χ0n) is 18.2. The van der Waals surface area contributed by atoms with Crippen LogP contribution in [0, 0.1) is 0 Å². The zero-order valence-corrected chi connectivity index (χ0v) is 18.2. The van der Waals surface area contributed by atoms with Crippen molar-refractivity contribution in [3.63, 3.8) is 0 Å². The van der Waals surface area contributed by atoms with Crippen LogP contribution in [0.25, 0.3) is 22.5 Å². The minimum absolute atomic E-state index is 0.312. The molecule has 4 aromatic carbocycles. The van der Waals surface area contributed by atoms with Crippen LogP contribution in [-0.4, -0.2) is 21.4 Å². The molecule has 0 amide bonds. The van der Waals surface area contributed by atoms with E-state index in [2.05, 4.69) is 20.7 Å². The number of aromatic nitrogens is 3. The second kappa shape index (κ2) is 10.2. The summed E-state index contributed by atoms with van der Waals surface area (Å²) in [6, 6.07) is 37.1. The lowest BCUT2D eigenvalue weighted by Crippen LogP contribution is -2.03. The van der Waals surface area contributed by atoms with Crippen molar-refractivity contribution in [3.8, 4) is 34.0 Å². The number of hydrogen-bond acceptors (Lipinski definition) is 6. The van der Waals surface area contributed by atoms with E-state index in [-0.39, 0.29) is 0 Å². The minimum Gasteiger partial charge on any atom is -0.457 e. The Hall–Kier alpha value is -4.84. The molecule has 1 N–H and O–H groups in total. The Morgan fingerprint density at radius 2 is 1.24 bits per heavy atom. The number of nitrogens with zero attached hydrogens (tertiary/aromatic N) is 4. The van der Waals surface area contributed by atoms with E-state index in [1.165, 1.54) is 0 Å². The minimum atomic E-state index is 0.312. The van der Waals surface area contributed by atoms with Gasteiger partial charge in [-0.15, -0.1) is 10.2 Å². The Kier molecular flexibility index (Phi) is 6.30. The number of nitrogens with one attached hydrogen (secondary N) is 1. The topological polar surface area (TPSA) is 72.3 Å². The Bertz CT molecular complexity index is 1390. The highest BCUT2D eigenvalue weighted by molar-refractivity contribution is 5.81. The Morgan fingerprint density at radius 1 is 0.618 bits per heavy atom. The van der Waals surface area contributed by atoms with Gasteiger partial charge in [0.1, 0.15) is 22.9 Å². The standard InChI is InChI=1S/C28H21N5O/c1-4-12-22(13-5-1)26-27(23-14-6-2-7-15-23)31-33-28(30-26)32-29-20-21-11-10-18-25(19-21)34-24-16-8-3-9-17-24/h1-20H,(H,30,32,33)/b29-20+. The molecule has 0 unspecified atom stereocenters. The van der Waals surface area contributed by atoms with Crippen molar-refractivity contribution in [1.29, 1.82) is 0 Å². The van der Waals surface area contributed by atoms with Gasteiger partial charge in [-0.2, -0.15) is 5.10 Å². The van der Waals surface area contributed by atoms with Gasteiger partial charge in [0.25, 0.3) is 5.95 Å². The van der Waals surface area contributed by atoms with E-state index >= 15 is 0 Å². The molecular weight excluding hydrogens is 422 g/mol. The molecule has 0 aliphatic carbocycles. The number of anilines is 1. The first kappa shape index (κ1) is 21.0. The van der Waals surface area contributed by atoms with Crippen LogP contribution in [0.1, 0.15) is 5.56 Å². The van der Waals surface area contributed by atoms with E-state index in [1.807, 2.05) is 115 Å². The largest absolute Gasteiger partial charge is 0.457 e. The summed E-state index contributed by atoms with van der Waals surface area (Å²) in [4.78, 5) is 4.70. The van der Waals surface area contributed by atoms with Gasteiger partial charge in [0.05, 0.1) is 6.21 Å². The SMILES string of the molecule is C(=N\Nc1nnc(-c2ccccc2)c(-c2ccccc2)n1)/c1cccc(Oc2ccccc2)c1. The van der Waals surface area contributed by atoms with Crippen molar-refractivity contribution in [1.82, 2.24) is 15.2 Å². The molecule has 0 bridgehead atoms. The first-order valence-electron chi connectivity index (χ1n) is 10.8. The number of benzene rings is 4. The molecule has 34 heavy (non-hydrogen) atoms. The van der Waals surface area contributed by atoms with Crippen molar-refractivity contribution >= 4 is 12.2 Å². The van der Waals surface area contributed by atoms with Gasteiger partial charge in [-0.05, 0) is 29.8 Å². The first-order chi connectivity index (χ1) is 16.8. The van der Waals surface area contributed by atoms with Crippen LogP contribution < -0.4 is 10.2 Å². The van der Waals surface area contributed by atoms with E-state index in [0.717, 1.165) is 33.9 Å². The van der Waals surface area contributed by atoms with Crippen LogP contribution in [-0.2, 0) is 0 Å². The Labute approximate surface area is 197 Å². The van der Waals surface area contributed by atoms with E-state index in [1.54, 1.807) is 6.21 Å². The van der Waals surface area contributed by atoms with Gasteiger partial charge < -0.3 is 4.74 Å². The monoisotopic (exact) mass is 443 g/mol. The molecule has 0 radical (unpaired) electrons. The third-order valence-electron chi connectivity index (χ3n) is 5.00. The molecule has 6 heteroatoms. The lowest BCUT2D eigenvalue weighted by atomic mass is 10.0. The van der Waals surface area contributed by atoms with Crippen molar-refractivity contribution in [2.75, 3.05) is 5.43 Å². The van der Waals surface area contributed by atoms with Gasteiger partial charge in [-0.3, -0.25) is 0 Å². The third kappa shape index (κ3) is 5.14. The van der Waals surface area contributed by atoms with Gasteiger partial charge in [0.2, 0.25) is 0 Å². The van der Waals surface area contributed by atoms with Gasteiger partial charge in [-0.25, -0.2) is 10.4 Å². The maximum Gasteiger partial charge on any atom is 0.263 e. The van der Waals surface area contributed by atoms with Crippen molar-refractivity contribution < 1.29 is 4.74 Å². The van der Waals surface area contributed by atoms with Crippen molar-refractivity contribution in [2.45, 2.75) is 0 Å². The molecule has 1 heterocycles. The summed E-state index contributed by atoms with van der Waals surface area (Å²) in [5, 5.41) is 13.0. The molecule has 0 saturated heterocycles. The summed E-state index contributed by atoms with van der Waals surface area (Å²) in [5.41, 5.74) is 7.12. The van der Waals surface area contributed by atoms with E-state index in [4.69, 9.17) is 9.72 Å². The van der Waals surface area contributed by atoms with E-state index < -0.39 is 0 Å². The van der Waals surface area contributed by atoms with Crippen LogP contribution in [0.15, 0.2) is 120 Å². The average molecular weight is 444 g/mol. The summed E-state index contributed by atoms with van der Waals surface area (Å²) >= 11 is 0. The lowest BCUT2D eigenvalue weighted by molar-refractivity contribution is 0.482. The molecule has 1 aromatic heterocycles. The number of ether oxygens (including phenoxy) is 1. The molecule has 0 saturated carbocycles. The fourth-order valence-electron chi connectivity index (χ4n) is 3.41. The molecule has 0 spiro atoms. The molecule has 5 rings (SSSR count). The van der Waals surface area contributed by atoms with Crippen molar-refractivity contribution in [2.24, 2.45) is 5.10 Å². The molecule has 0 fully saturated rings. The third-order valence-corrected chi connectivity index (χ3v) is 5.00. The smallest absolute Gasteiger partial charge is 0.263 e. The van der Waals surface area contributed by atoms with Crippen LogP contribution in [0.5, 0.6) is 11.5 Å². The highest BCUT2D eigenvalue weighted by Crippen LogP contribution is 2.28. The first-order valence-corrected chi connectivity index (χ1v) is 10.8. The number of hydrogen-bond donors (Lipinski definition) is 1. The summed E-state index contributed by atoms with van der Waals surface area (Å²) in [5.74, 6) is 1.82. The molecule has 164 valence electrons. The molecule has 0 aliphatic rings. The molecule has 6 nitrogen and oxygen atoms in total. The van der Waals surface area contributed by atoms with Crippen LogP contribution in [0.2, 0.25) is 0 Å². The van der Waals surface area contributed by atoms with Crippen LogP contribution >= 0.6 is 0 Å². The molecule has 0 aliphatic heterocycles. The Morgan fingerprint density at radius 3 is 1.94 bits per heavy atom. The number of hydrazone groups is 1. The van der Waals surface area contributed by atoms with Crippen LogP contribution in [0.3, 0.4) is 0 Å². The van der Waals surface area contributed by atoms with E-state index in [9.17, 15) is 0 Å². The normalized spacial score (nSPS) is 10.8. The Balaban J connectivity index is 1.36. The summed E-state index contributed by atoms with van der Waals surface area (Å²) < 4.78 is 5.89. The summed E-state index contributed by atoms with van der Waals surface area (Å²) in [7, 11) is 0. The van der Waals surface area contributed by atoms with Gasteiger partial charge in [-0.1, -0.05) is 91.0 Å². The zero-order chi connectivity index (χ0) is 23.0. The quantitative estimate of drug-likeness (QED) is 0.231. The van der Waals surface area contributed by atoms with Gasteiger partial charge >= 0.3 is 0 Å². The number of rotatable bonds is 7. The molecule has 0 atom stereocenters. The average Bonchev–Trinajstić information content (AvgIpc) is 2.90. The predicted molar refractivity (Wildman–Crippen MR) is 135 cm³/mol. The van der Waals surface area contributed by atoms with Crippen LogP contribution in [0.4, 0.5) is 5.95 Å². The fourth-order valence-corrected chi connectivity index (χ4v) is 3.41. The second-order valence-corrected chi connectivity index (χ2v) is 7.42. The number of para-hydroxylation sites is 1. The maximum absolute atomic E-state index is 5.89. The van der Waals surface area contributed by atoms with Gasteiger partial charge in [0.15, 0.2) is 0 Å². The summed E-state index contributed by atoms with van der Waals surface area (Å²) in [6.07, 6.45) is 1.69. The maximum atomic E-state index is 5.89. The lowest BCUT2D eigenvalue weighted by Gasteiger charge is -2.09. The van der Waals surface area contributed by atoms with Crippen molar-refractivity contribution in [3.05, 3.63) is 121 Å². The second-order valence-electron chi connectivity index (χ2n) is 7.42. The predicted octanol–water partition coefficient (Wildman–Crippen LogP) is 6.44. The van der Waals surface area contributed by atoms with Gasteiger partial charge in [0, 0.05) is 11.1 Å². The highest BCUT2D eigenvalue weighted by atomic mass is 16.5.